The summed E-state index contributed by atoms with van der Waals surface area (Å²) in [6.07, 6.45) is 0. The monoisotopic (exact) mass is 490 g/mol. The lowest BCUT2D eigenvalue weighted by molar-refractivity contribution is -0.115. The molecule has 0 unspecified atom stereocenters. The molecule has 0 atom stereocenters. The van der Waals surface area contributed by atoms with E-state index in [1.807, 2.05) is 84.4 Å². The van der Waals surface area contributed by atoms with Crippen LogP contribution in [0.1, 0.15) is 5.82 Å². The summed E-state index contributed by atoms with van der Waals surface area (Å²) in [7, 11) is 3.48. The number of benzene rings is 3. The van der Waals surface area contributed by atoms with Gasteiger partial charge in [0, 0.05) is 16.8 Å². The number of para-hydroxylation sites is 4. The highest BCUT2D eigenvalue weighted by Crippen LogP contribution is 2.48. The molecule has 0 saturated heterocycles. The first-order valence-corrected chi connectivity index (χ1v) is 12.4. The molecule has 2 heterocycles. The zero-order valence-electron chi connectivity index (χ0n) is 18.7. The van der Waals surface area contributed by atoms with Gasteiger partial charge in [-0.3, -0.25) is 9.69 Å². The van der Waals surface area contributed by atoms with Crippen LogP contribution in [0.25, 0.3) is 0 Å². The number of ether oxygens (including phenoxy) is 2. The van der Waals surface area contributed by atoms with Crippen LogP contribution in [0.3, 0.4) is 0 Å². The molecule has 1 aliphatic rings. The lowest BCUT2D eigenvalue weighted by Crippen LogP contribution is -2.30. The van der Waals surface area contributed by atoms with E-state index in [1.165, 1.54) is 11.8 Å². The number of hydrogen-bond donors (Lipinski definition) is 0. The van der Waals surface area contributed by atoms with E-state index in [0.29, 0.717) is 22.5 Å². The van der Waals surface area contributed by atoms with Crippen LogP contribution in [0.15, 0.2) is 87.7 Å². The summed E-state index contributed by atoms with van der Waals surface area (Å²) >= 11 is 3.04. The van der Waals surface area contributed by atoms with Crippen LogP contribution < -0.4 is 14.4 Å². The number of rotatable bonds is 7. The summed E-state index contributed by atoms with van der Waals surface area (Å²) in [5.74, 6) is 2.17. The van der Waals surface area contributed by atoms with E-state index in [2.05, 4.69) is 10.2 Å². The van der Waals surface area contributed by atoms with Crippen molar-refractivity contribution in [2.75, 3.05) is 17.8 Å². The van der Waals surface area contributed by atoms with Gasteiger partial charge >= 0.3 is 0 Å². The molecule has 1 aliphatic heterocycles. The van der Waals surface area contributed by atoms with Crippen molar-refractivity contribution in [3.8, 4) is 11.5 Å². The van der Waals surface area contributed by atoms with Crippen LogP contribution in [0.2, 0.25) is 0 Å². The Hall–Kier alpha value is -3.43. The smallest absolute Gasteiger partial charge is 0.242 e. The van der Waals surface area contributed by atoms with Gasteiger partial charge in [-0.25, -0.2) is 0 Å². The molecule has 1 aromatic heterocycles. The molecule has 0 fully saturated rings. The van der Waals surface area contributed by atoms with Crippen LogP contribution in [0, 0.1) is 0 Å². The van der Waals surface area contributed by atoms with Crippen molar-refractivity contribution in [3.63, 3.8) is 0 Å². The van der Waals surface area contributed by atoms with Gasteiger partial charge in [-0.1, -0.05) is 59.9 Å². The number of carbonyl (C=O) groups excluding carboxylic acids is 1. The van der Waals surface area contributed by atoms with E-state index in [4.69, 9.17) is 9.47 Å². The van der Waals surface area contributed by atoms with Gasteiger partial charge in [0.25, 0.3) is 0 Å². The lowest BCUT2D eigenvalue weighted by Gasteiger charge is -2.30. The molecule has 34 heavy (non-hydrogen) atoms. The van der Waals surface area contributed by atoms with Crippen molar-refractivity contribution in [2.24, 2.45) is 7.05 Å². The summed E-state index contributed by atoms with van der Waals surface area (Å²) in [6.45, 7) is 0.239. The molecule has 3 aromatic carbocycles. The number of thioether (sulfide) groups is 1. The van der Waals surface area contributed by atoms with E-state index in [0.717, 1.165) is 21.2 Å². The van der Waals surface area contributed by atoms with Gasteiger partial charge in [-0.05, 0) is 36.4 Å². The first-order valence-electron chi connectivity index (χ1n) is 10.6. The molecular formula is C25H22N4O3S2. The second-order valence-corrected chi connectivity index (χ2v) is 9.48. The molecule has 0 N–H and O–H groups in total. The molecular weight excluding hydrogens is 468 g/mol. The van der Waals surface area contributed by atoms with Crippen molar-refractivity contribution in [1.82, 2.24) is 14.8 Å². The summed E-state index contributed by atoms with van der Waals surface area (Å²) in [5, 5.41) is 9.17. The molecule has 7 nitrogen and oxygen atoms in total. The second-order valence-electron chi connectivity index (χ2n) is 7.45. The highest BCUT2D eigenvalue weighted by molar-refractivity contribution is 8.00. The largest absolute Gasteiger partial charge is 0.493 e. The minimum Gasteiger partial charge on any atom is -0.493 e. The van der Waals surface area contributed by atoms with Crippen LogP contribution in [-0.4, -0.2) is 33.5 Å². The highest BCUT2D eigenvalue weighted by Gasteiger charge is 2.28. The number of hydrogen-bond acceptors (Lipinski definition) is 7. The Morgan fingerprint density at radius 3 is 2.21 bits per heavy atom. The molecule has 172 valence electrons. The zero-order valence-corrected chi connectivity index (χ0v) is 20.3. The summed E-state index contributed by atoms with van der Waals surface area (Å²) in [6, 6.07) is 23.4. The average Bonchev–Trinajstić information content (AvgIpc) is 3.23. The van der Waals surface area contributed by atoms with Gasteiger partial charge in [-0.2, -0.15) is 0 Å². The van der Waals surface area contributed by atoms with Crippen molar-refractivity contribution < 1.29 is 14.3 Å². The van der Waals surface area contributed by atoms with Crippen LogP contribution in [0.5, 0.6) is 11.5 Å². The van der Waals surface area contributed by atoms with Crippen LogP contribution >= 0.6 is 23.5 Å². The van der Waals surface area contributed by atoms with E-state index >= 15 is 0 Å². The standard InChI is InChI=1S/C25H22N4O3S2/c1-28-23(15-32-20-12-6-5-11-19(20)31-2)26-27-25(28)33-16-24(30)29-17-9-3-7-13-21(17)34-22-14-8-4-10-18(22)29/h3-14H,15-16H2,1-2H3. The molecule has 0 spiro atoms. The first kappa shape index (κ1) is 22.4. The summed E-state index contributed by atoms with van der Waals surface area (Å²) < 4.78 is 13.0. The highest BCUT2D eigenvalue weighted by atomic mass is 32.2. The predicted molar refractivity (Wildman–Crippen MR) is 133 cm³/mol. The van der Waals surface area contributed by atoms with Crippen LogP contribution in [-0.2, 0) is 18.4 Å². The zero-order chi connectivity index (χ0) is 23.5. The number of fused-ring (bicyclic) bond motifs is 2. The maximum atomic E-state index is 13.4. The van der Waals surface area contributed by atoms with Gasteiger partial charge in [0.15, 0.2) is 22.5 Å². The van der Waals surface area contributed by atoms with Crippen LogP contribution in [0.4, 0.5) is 11.4 Å². The maximum Gasteiger partial charge on any atom is 0.242 e. The normalized spacial score (nSPS) is 12.1. The van der Waals surface area contributed by atoms with E-state index in [9.17, 15) is 4.79 Å². The van der Waals surface area contributed by atoms with Crippen molar-refractivity contribution >= 4 is 40.8 Å². The number of nitrogens with zero attached hydrogens (tertiary/aromatic N) is 4. The first-order chi connectivity index (χ1) is 16.7. The van der Waals surface area contributed by atoms with Crippen molar-refractivity contribution in [1.29, 1.82) is 0 Å². The molecule has 9 heteroatoms. The van der Waals surface area contributed by atoms with E-state index < -0.39 is 0 Å². The Kier molecular flexibility index (Phi) is 6.46. The molecule has 0 bridgehead atoms. The minimum atomic E-state index is -0.0139. The average molecular weight is 491 g/mol. The second kappa shape index (κ2) is 9.82. The number of amides is 1. The fourth-order valence-electron chi connectivity index (χ4n) is 3.64. The fourth-order valence-corrected chi connectivity index (χ4v) is 5.48. The molecule has 4 aromatic rings. The Bertz CT molecular complexity index is 1300. The number of methoxy groups -OCH3 is 1. The maximum absolute atomic E-state index is 13.4. The quantitative estimate of drug-likeness (QED) is 0.325. The fraction of sp³-hybridized carbons (Fsp3) is 0.160. The van der Waals surface area contributed by atoms with Gasteiger partial charge < -0.3 is 14.0 Å². The predicted octanol–water partition coefficient (Wildman–Crippen LogP) is 5.32. The third kappa shape index (κ3) is 4.36. The topological polar surface area (TPSA) is 69.5 Å². The molecule has 0 aliphatic carbocycles. The number of carbonyl (C=O) groups is 1. The molecule has 5 rings (SSSR count). The Morgan fingerprint density at radius 2 is 1.53 bits per heavy atom. The van der Waals surface area contributed by atoms with Gasteiger partial charge in [0.1, 0.15) is 6.61 Å². The molecule has 1 amide bonds. The Labute approximate surface area is 206 Å². The SMILES string of the molecule is COc1ccccc1OCc1nnc(SCC(=O)N2c3ccccc3Sc3ccccc32)n1C. The van der Waals surface area contributed by atoms with Gasteiger partial charge in [-0.15, -0.1) is 10.2 Å². The van der Waals surface area contributed by atoms with Crippen molar-refractivity contribution in [3.05, 3.63) is 78.6 Å². The van der Waals surface area contributed by atoms with Gasteiger partial charge in [0.2, 0.25) is 5.91 Å². The molecule has 0 radical (unpaired) electrons. The molecule has 0 saturated carbocycles. The Balaban J connectivity index is 1.29. The third-order valence-corrected chi connectivity index (χ3v) is 7.49. The van der Waals surface area contributed by atoms with E-state index in [1.54, 1.807) is 23.8 Å². The lowest BCUT2D eigenvalue weighted by atomic mass is 10.2. The number of aromatic nitrogens is 3. The summed E-state index contributed by atoms with van der Waals surface area (Å²) in [4.78, 5) is 17.3. The van der Waals surface area contributed by atoms with E-state index in [-0.39, 0.29) is 18.3 Å². The Morgan fingerprint density at radius 1 is 0.912 bits per heavy atom. The third-order valence-electron chi connectivity index (χ3n) is 5.36. The van der Waals surface area contributed by atoms with Crippen molar-refractivity contribution in [2.45, 2.75) is 21.6 Å². The minimum absolute atomic E-state index is 0.0139. The number of anilines is 2. The van der Waals surface area contributed by atoms with Gasteiger partial charge in [0.05, 0.1) is 24.2 Å². The summed E-state index contributed by atoms with van der Waals surface area (Å²) in [5.41, 5.74) is 1.81.